The van der Waals surface area contributed by atoms with E-state index in [-0.39, 0.29) is 11.9 Å². The summed E-state index contributed by atoms with van der Waals surface area (Å²) in [5, 5.41) is 6.95. The third-order valence-electron chi connectivity index (χ3n) is 4.76. The van der Waals surface area contributed by atoms with Gasteiger partial charge in [0.2, 0.25) is 5.91 Å². The molecule has 1 aliphatic rings. The number of carbonyl (C=O) groups excluding carboxylic acids is 1. The Morgan fingerprint density at radius 1 is 1.21 bits per heavy atom. The predicted molar refractivity (Wildman–Crippen MR) is 120 cm³/mol. The van der Waals surface area contributed by atoms with Gasteiger partial charge in [0.1, 0.15) is 18.1 Å². The van der Waals surface area contributed by atoms with E-state index in [9.17, 15) is 4.79 Å². The number of thiocarbonyl (C=S) groups is 1. The van der Waals surface area contributed by atoms with E-state index in [1.54, 1.807) is 7.11 Å². The largest absolute Gasteiger partial charge is 0.497 e. The van der Waals surface area contributed by atoms with Crippen molar-refractivity contribution in [2.45, 2.75) is 32.7 Å². The van der Waals surface area contributed by atoms with Crippen LogP contribution in [0, 0.1) is 6.92 Å². The summed E-state index contributed by atoms with van der Waals surface area (Å²) >= 11 is 5.42. The highest BCUT2D eigenvalue weighted by atomic mass is 32.1. The maximum absolute atomic E-state index is 12.0. The normalized spacial score (nSPS) is 14.4. The molecule has 0 saturated carbocycles. The standard InChI is InChI=1S/C22H27N3O3S/c1-15-13-17(6-11-20(15)25-12-4-5-21(25)26)24-22(29)23-16(2)14-28-19-9-7-18(27-3)8-10-19/h6-11,13,16H,4-5,12,14H2,1-3H3,(H2,23,24,29)/t16-/m0/s1. The predicted octanol–water partition coefficient (Wildman–Crippen LogP) is 3.88. The van der Waals surface area contributed by atoms with Crippen molar-refractivity contribution in [1.82, 2.24) is 5.32 Å². The number of carbonyl (C=O) groups is 1. The van der Waals surface area contributed by atoms with Crippen LogP contribution in [0.2, 0.25) is 0 Å². The molecule has 3 rings (SSSR count). The Kier molecular flexibility index (Phi) is 6.93. The minimum absolute atomic E-state index is 0.0275. The van der Waals surface area contributed by atoms with Crippen LogP contribution >= 0.6 is 12.2 Å². The van der Waals surface area contributed by atoms with Crippen molar-refractivity contribution < 1.29 is 14.3 Å². The fourth-order valence-electron chi connectivity index (χ4n) is 3.26. The molecule has 0 aliphatic carbocycles. The fourth-order valence-corrected chi connectivity index (χ4v) is 3.58. The van der Waals surface area contributed by atoms with Crippen molar-refractivity contribution in [2.24, 2.45) is 0 Å². The molecule has 1 amide bonds. The quantitative estimate of drug-likeness (QED) is 0.672. The van der Waals surface area contributed by atoms with Crippen LogP contribution in [0.15, 0.2) is 42.5 Å². The monoisotopic (exact) mass is 413 g/mol. The molecule has 6 nitrogen and oxygen atoms in total. The second kappa shape index (κ2) is 9.60. The van der Waals surface area contributed by atoms with Crippen LogP contribution in [-0.4, -0.2) is 37.3 Å². The Morgan fingerprint density at radius 2 is 1.93 bits per heavy atom. The Bertz CT molecular complexity index is 870. The van der Waals surface area contributed by atoms with Gasteiger partial charge in [0.25, 0.3) is 0 Å². The van der Waals surface area contributed by atoms with E-state index in [1.165, 1.54) is 0 Å². The Labute approximate surface area is 177 Å². The molecule has 1 aliphatic heterocycles. The topological polar surface area (TPSA) is 62.8 Å². The van der Waals surface area contributed by atoms with Crippen molar-refractivity contribution in [3.8, 4) is 11.5 Å². The number of rotatable bonds is 7. The number of nitrogens with one attached hydrogen (secondary N) is 2. The summed E-state index contributed by atoms with van der Waals surface area (Å²) in [6.07, 6.45) is 1.55. The van der Waals surface area contributed by atoms with Gasteiger partial charge in [0.15, 0.2) is 5.11 Å². The van der Waals surface area contributed by atoms with E-state index < -0.39 is 0 Å². The van der Waals surface area contributed by atoms with Crippen LogP contribution in [-0.2, 0) is 4.79 Å². The summed E-state index contributed by atoms with van der Waals surface area (Å²) in [6.45, 7) is 5.28. The van der Waals surface area contributed by atoms with Crippen LogP contribution in [0.3, 0.4) is 0 Å². The van der Waals surface area contributed by atoms with Crippen LogP contribution in [0.4, 0.5) is 11.4 Å². The summed E-state index contributed by atoms with van der Waals surface area (Å²) in [5.74, 6) is 1.77. The number of benzene rings is 2. The molecule has 2 N–H and O–H groups in total. The van der Waals surface area contributed by atoms with Gasteiger partial charge in [-0.25, -0.2) is 0 Å². The van der Waals surface area contributed by atoms with E-state index in [4.69, 9.17) is 21.7 Å². The molecule has 1 fully saturated rings. The van der Waals surface area contributed by atoms with Crippen molar-refractivity contribution >= 4 is 34.6 Å². The maximum Gasteiger partial charge on any atom is 0.227 e. The molecule has 1 atom stereocenters. The number of nitrogens with zero attached hydrogens (tertiary/aromatic N) is 1. The molecule has 1 heterocycles. The van der Waals surface area contributed by atoms with Gasteiger partial charge in [0.05, 0.1) is 13.2 Å². The number of aryl methyl sites for hydroxylation is 1. The molecular formula is C22H27N3O3S. The summed E-state index contributed by atoms with van der Waals surface area (Å²) in [4.78, 5) is 13.8. The van der Waals surface area contributed by atoms with E-state index in [0.717, 1.165) is 41.4 Å². The second-order valence-electron chi connectivity index (χ2n) is 7.14. The average Bonchev–Trinajstić information content (AvgIpc) is 3.12. The molecular weight excluding hydrogens is 386 g/mol. The van der Waals surface area contributed by atoms with Gasteiger partial charge < -0.3 is 25.0 Å². The number of anilines is 2. The van der Waals surface area contributed by atoms with E-state index >= 15 is 0 Å². The molecule has 0 radical (unpaired) electrons. The lowest BCUT2D eigenvalue weighted by atomic mass is 10.1. The first-order valence-corrected chi connectivity index (χ1v) is 10.1. The zero-order valence-corrected chi connectivity index (χ0v) is 17.8. The number of hydrogen-bond donors (Lipinski definition) is 2. The number of methoxy groups -OCH3 is 1. The van der Waals surface area contributed by atoms with Crippen molar-refractivity contribution in [2.75, 3.05) is 30.5 Å². The summed E-state index contributed by atoms with van der Waals surface area (Å²) in [6, 6.07) is 13.4. The number of amides is 1. The first-order chi connectivity index (χ1) is 14.0. The molecule has 2 aromatic carbocycles. The summed E-state index contributed by atoms with van der Waals surface area (Å²) < 4.78 is 10.9. The van der Waals surface area contributed by atoms with Crippen LogP contribution in [0.1, 0.15) is 25.3 Å². The molecule has 2 aromatic rings. The number of hydrogen-bond acceptors (Lipinski definition) is 4. The third-order valence-corrected chi connectivity index (χ3v) is 4.98. The van der Waals surface area contributed by atoms with Gasteiger partial charge in [-0.1, -0.05) is 0 Å². The van der Waals surface area contributed by atoms with Crippen molar-refractivity contribution in [3.05, 3.63) is 48.0 Å². The van der Waals surface area contributed by atoms with Crippen LogP contribution in [0.25, 0.3) is 0 Å². The Hall–Kier alpha value is -2.80. The van der Waals surface area contributed by atoms with Gasteiger partial charge in [0, 0.05) is 24.3 Å². The van der Waals surface area contributed by atoms with Gasteiger partial charge in [-0.3, -0.25) is 4.79 Å². The van der Waals surface area contributed by atoms with Gasteiger partial charge in [-0.2, -0.15) is 0 Å². The summed E-state index contributed by atoms with van der Waals surface area (Å²) in [5.41, 5.74) is 2.90. The van der Waals surface area contributed by atoms with Gasteiger partial charge in [-0.05, 0) is 80.5 Å². The molecule has 0 aromatic heterocycles. The van der Waals surface area contributed by atoms with Crippen LogP contribution in [0.5, 0.6) is 11.5 Å². The SMILES string of the molecule is COc1ccc(OC[C@H](C)NC(=S)Nc2ccc(N3CCCC3=O)c(C)c2)cc1. The van der Waals surface area contributed by atoms with Gasteiger partial charge >= 0.3 is 0 Å². The maximum atomic E-state index is 12.0. The molecule has 7 heteroatoms. The average molecular weight is 414 g/mol. The van der Waals surface area contributed by atoms with E-state index in [0.29, 0.717) is 18.1 Å². The first-order valence-electron chi connectivity index (χ1n) is 9.71. The molecule has 1 saturated heterocycles. The Morgan fingerprint density at radius 3 is 2.55 bits per heavy atom. The Balaban J connectivity index is 1.49. The van der Waals surface area contributed by atoms with Gasteiger partial charge in [-0.15, -0.1) is 0 Å². The molecule has 0 spiro atoms. The molecule has 154 valence electrons. The molecule has 0 unspecified atom stereocenters. The first kappa shape index (κ1) is 20.9. The lowest BCUT2D eigenvalue weighted by molar-refractivity contribution is -0.117. The number of ether oxygens (including phenoxy) is 2. The zero-order chi connectivity index (χ0) is 20.8. The highest BCUT2D eigenvalue weighted by Gasteiger charge is 2.22. The fraction of sp³-hybridized carbons (Fsp3) is 0.364. The third kappa shape index (κ3) is 5.60. The second-order valence-corrected chi connectivity index (χ2v) is 7.54. The zero-order valence-electron chi connectivity index (χ0n) is 17.0. The molecule has 29 heavy (non-hydrogen) atoms. The van der Waals surface area contributed by atoms with E-state index in [2.05, 4.69) is 10.6 Å². The summed E-state index contributed by atoms with van der Waals surface area (Å²) in [7, 11) is 1.64. The smallest absolute Gasteiger partial charge is 0.227 e. The lowest BCUT2D eigenvalue weighted by Gasteiger charge is -2.20. The minimum Gasteiger partial charge on any atom is -0.497 e. The van der Waals surface area contributed by atoms with Crippen molar-refractivity contribution in [1.29, 1.82) is 0 Å². The highest BCUT2D eigenvalue weighted by molar-refractivity contribution is 7.80. The van der Waals surface area contributed by atoms with Crippen LogP contribution < -0.4 is 25.0 Å². The lowest BCUT2D eigenvalue weighted by Crippen LogP contribution is -2.39. The highest BCUT2D eigenvalue weighted by Crippen LogP contribution is 2.27. The minimum atomic E-state index is 0.0275. The van der Waals surface area contributed by atoms with E-state index in [1.807, 2.05) is 61.2 Å². The van der Waals surface area contributed by atoms with Crippen molar-refractivity contribution in [3.63, 3.8) is 0 Å². The molecule has 0 bridgehead atoms.